The van der Waals surface area contributed by atoms with E-state index >= 15 is 0 Å². The first kappa shape index (κ1) is 15.7. The summed E-state index contributed by atoms with van der Waals surface area (Å²) in [5.41, 5.74) is 0. The van der Waals surface area contributed by atoms with Crippen molar-refractivity contribution in [1.29, 1.82) is 0 Å². The van der Waals surface area contributed by atoms with Gasteiger partial charge < -0.3 is 20.1 Å². The van der Waals surface area contributed by atoms with E-state index in [0.717, 1.165) is 38.8 Å². The van der Waals surface area contributed by atoms with Gasteiger partial charge in [-0.2, -0.15) is 0 Å². The molecule has 5 nitrogen and oxygen atoms in total. The van der Waals surface area contributed by atoms with Crippen molar-refractivity contribution in [3.8, 4) is 0 Å². The second-order valence-corrected chi connectivity index (χ2v) is 5.94. The molecule has 2 aliphatic rings. The van der Waals surface area contributed by atoms with Gasteiger partial charge in [-0.15, -0.1) is 0 Å². The Labute approximate surface area is 121 Å². The molecule has 1 saturated heterocycles. The van der Waals surface area contributed by atoms with Gasteiger partial charge >= 0.3 is 0 Å². The number of nitrogens with zero attached hydrogens (tertiary/aromatic N) is 1. The summed E-state index contributed by atoms with van der Waals surface area (Å²) >= 11 is 0. The number of aliphatic hydroxyl groups excluding tert-OH is 1. The van der Waals surface area contributed by atoms with Crippen LogP contribution < -0.4 is 5.32 Å². The number of likely N-dealkylation sites (tertiary alicyclic amines) is 1. The van der Waals surface area contributed by atoms with Crippen molar-refractivity contribution in [2.24, 2.45) is 0 Å². The van der Waals surface area contributed by atoms with Crippen molar-refractivity contribution in [3.05, 3.63) is 0 Å². The topological polar surface area (TPSA) is 61.8 Å². The van der Waals surface area contributed by atoms with E-state index < -0.39 is 6.10 Å². The van der Waals surface area contributed by atoms with Gasteiger partial charge in [-0.25, -0.2) is 0 Å². The van der Waals surface area contributed by atoms with Crippen LogP contribution in [0.4, 0.5) is 0 Å². The largest absolute Gasteiger partial charge is 0.389 e. The third-order valence-electron chi connectivity index (χ3n) is 4.18. The van der Waals surface area contributed by atoms with Crippen LogP contribution >= 0.6 is 0 Å². The van der Waals surface area contributed by atoms with E-state index in [0.29, 0.717) is 32.2 Å². The van der Waals surface area contributed by atoms with Crippen molar-refractivity contribution in [3.63, 3.8) is 0 Å². The molecule has 1 amide bonds. The first-order valence-electron chi connectivity index (χ1n) is 8.04. The lowest BCUT2D eigenvalue weighted by atomic mass is 10.3. The molecule has 1 unspecified atom stereocenters. The Morgan fingerprint density at radius 2 is 1.95 bits per heavy atom. The molecule has 0 aromatic carbocycles. The second kappa shape index (κ2) is 8.60. The summed E-state index contributed by atoms with van der Waals surface area (Å²) in [6.07, 6.45) is 7.42. The van der Waals surface area contributed by atoms with Crippen LogP contribution in [0.5, 0.6) is 0 Å². The molecule has 1 saturated carbocycles. The molecule has 0 radical (unpaired) electrons. The van der Waals surface area contributed by atoms with Gasteiger partial charge in [-0.1, -0.05) is 12.8 Å². The quantitative estimate of drug-likeness (QED) is 0.650. The standard InChI is InChI=1S/C15H28N2O3/c18-13(12-20-14-5-1-2-6-14)11-16-8-7-15(19)17-9-3-4-10-17/h13-14,16,18H,1-12H2. The Hall–Kier alpha value is -0.650. The number of carbonyl (C=O) groups excluding carboxylic acids is 1. The molecule has 1 aliphatic carbocycles. The predicted octanol–water partition coefficient (Wildman–Crippen LogP) is 0.909. The van der Waals surface area contributed by atoms with E-state index in [1.807, 2.05) is 4.90 Å². The van der Waals surface area contributed by atoms with Gasteiger partial charge in [0, 0.05) is 32.6 Å². The van der Waals surface area contributed by atoms with Crippen LogP contribution in [0, 0.1) is 0 Å². The van der Waals surface area contributed by atoms with E-state index in [1.165, 1.54) is 12.8 Å². The molecule has 0 spiro atoms. The van der Waals surface area contributed by atoms with Crippen LogP contribution in [0.3, 0.4) is 0 Å². The zero-order chi connectivity index (χ0) is 14.2. The van der Waals surface area contributed by atoms with Gasteiger partial charge in [-0.05, 0) is 25.7 Å². The highest BCUT2D eigenvalue weighted by Gasteiger charge is 2.18. The normalized spacial score (nSPS) is 21.6. The Bertz CT molecular complexity index is 287. The molecule has 5 heteroatoms. The van der Waals surface area contributed by atoms with Crippen LogP contribution in [0.15, 0.2) is 0 Å². The maximum Gasteiger partial charge on any atom is 0.223 e. The lowest BCUT2D eigenvalue weighted by Gasteiger charge is -2.17. The number of hydrogen-bond donors (Lipinski definition) is 2. The third kappa shape index (κ3) is 5.38. The monoisotopic (exact) mass is 284 g/mol. The van der Waals surface area contributed by atoms with Gasteiger partial charge in [0.2, 0.25) is 5.91 Å². The molecule has 1 aliphatic heterocycles. The molecule has 1 heterocycles. The first-order valence-corrected chi connectivity index (χ1v) is 8.04. The molecule has 2 fully saturated rings. The molecular weight excluding hydrogens is 256 g/mol. The second-order valence-electron chi connectivity index (χ2n) is 5.94. The zero-order valence-electron chi connectivity index (χ0n) is 12.4. The molecular formula is C15H28N2O3. The maximum atomic E-state index is 11.8. The minimum absolute atomic E-state index is 0.228. The Morgan fingerprint density at radius 1 is 1.25 bits per heavy atom. The van der Waals surface area contributed by atoms with E-state index in [2.05, 4.69) is 5.32 Å². The van der Waals surface area contributed by atoms with Crippen molar-refractivity contribution < 1.29 is 14.6 Å². The highest BCUT2D eigenvalue weighted by molar-refractivity contribution is 5.76. The number of carbonyl (C=O) groups is 1. The highest BCUT2D eigenvalue weighted by Crippen LogP contribution is 2.20. The third-order valence-corrected chi connectivity index (χ3v) is 4.18. The van der Waals surface area contributed by atoms with Crippen molar-refractivity contribution in [2.45, 2.75) is 57.2 Å². The van der Waals surface area contributed by atoms with Gasteiger partial charge in [0.1, 0.15) is 0 Å². The lowest BCUT2D eigenvalue weighted by molar-refractivity contribution is -0.130. The number of ether oxygens (including phenoxy) is 1. The van der Waals surface area contributed by atoms with Gasteiger partial charge in [0.05, 0.1) is 18.8 Å². The van der Waals surface area contributed by atoms with Crippen LogP contribution in [-0.4, -0.2) is 60.9 Å². The average Bonchev–Trinajstić information content (AvgIpc) is 3.13. The van der Waals surface area contributed by atoms with Gasteiger partial charge in [0.25, 0.3) is 0 Å². The smallest absolute Gasteiger partial charge is 0.223 e. The summed E-state index contributed by atoms with van der Waals surface area (Å²) < 4.78 is 5.66. The molecule has 2 rings (SSSR count). The summed E-state index contributed by atoms with van der Waals surface area (Å²) in [5.74, 6) is 0.228. The molecule has 20 heavy (non-hydrogen) atoms. The average molecular weight is 284 g/mol. The van der Waals surface area contributed by atoms with Crippen molar-refractivity contribution in [2.75, 3.05) is 32.8 Å². The minimum atomic E-state index is -0.475. The molecule has 0 aromatic heterocycles. The summed E-state index contributed by atoms with van der Waals surface area (Å²) in [5, 5.41) is 12.9. The van der Waals surface area contributed by atoms with Crippen LogP contribution in [-0.2, 0) is 9.53 Å². The fraction of sp³-hybridized carbons (Fsp3) is 0.933. The number of rotatable bonds is 8. The number of hydrogen-bond acceptors (Lipinski definition) is 4. The first-order chi connectivity index (χ1) is 9.75. The zero-order valence-corrected chi connectivity index (χ0v) is 12.4. The van der Waals surface area contributed by atoms with E-state index in [-0.39, 0.29) is 5.91 Å². The Morgan fingerprint density at radius 3 is 2.65 bits per heavy atom. The van der Waals surface area contributed by atoms with Crippen molar-refractivity contribution in [1.82, 2.24) is 10.2 Å². The minimum Gasteiger partial charge on any atom is -0.389 e. The lowest BCUT2D eigenvalue weighted by Crippen LogP contribution is -2.35. The van der Waals surface area contributed by atoms with Crippen molar-refractivity contribution >= 4 is 5.91 Å². The molecule has 116 valence electrons. The number of amides is 1. The summed E-state index contributed by atoms with van der Waals surface area (Å²) in [6, 6.07) is 0. The summed E-state index contributed by atoms with van der Waals surface area (Å²) in [4.78, 5) is 13.7. The summed E-state index contributed by atoms with van der Waals surface area (Å²) in [7, 11) is 0. The van der Waals surface area contributed by atoms with E-state index in [9.17, 15) is 9.90 Å². The molecule has 0 aromatic rings. The molecule has 0 bridgehead atoms. The fourth-order valence-corrected chi connectivity index (χ4v) is 2.95. The fourth-order valence-electron chi connectivity index (χ4n) is 2.95. The van der Waals surface area contributed by atoms with Gasteiger partial charge in [-0.3, -0.25) is 4.79 Å². The number of nitrogens with one attached hydrogen (secondary N) is 1. The predicted molar refractivity (Wildman–Crippen MR) is 77.5 cm³/mol. The van der Waals surface area contributed by atoms with Gasteiger partial charge in [0.15, 0.2) is 0 Å². The molecule has 1 atom stereocenters. The van der Waals surface area contributed by atoms with E-state index in [4.69, 9.17) is 4.74 Å². The Kier molecular flexibility index (Phi) is 6.76. The van der Waals surface area contributed by atoms with E-state index in [1.54, 1.807) is 0 Å². The highest BCUT2D eigenvalue weighted by atomic mass is 16.5. The van der Waals surface area contributed by atoms with Crippen LogP contribution in [0.25, 0.3) is 0 Å². The Balaban J connectivity index is 1.46. The SMILES string of the molecule is O=C(CCNCC(O)COC1CCCC1)N1CCCC1. The summed E-state index contributed by atoms with van der Waals surface area (Å²) in [6.45, 7) is 3.36. The maximum absolute atomic E-state index is 11.8. The number of aliphatic hydroxyl groups is 1. The van der Waals surface area contributed by atoms with Crippen LogP contribution in [0.2, 0.25) is 0 Å². The van der Waals surface area contributed by atoms with Crippen LogP contribution in [0.1, 0.15) is 44.9 Å². The molecule has 2 N–H and O–H groups in total.